The second-order valence-electron chi connectivity index (χ2n) is 2.79. The molecular formula is C11H10BrNO. The van der Waals surface area contributed by atoms with Crippen LogP contribution in [0.15, 0.2) is 18.2 Å². The number of Topliss-reactive ketones (excluding diaryl/α,β-unsaturated/α-hetero) is 1. The van der Waals surface area contributed by atoms with E-state index in [2.05, 4.69) is 27.8 Å². The third kappa shape index (κ3) is 2.61. The lowest BCUT2D eigenvalue weighted by Crippen LogP contribution is -1.99. The highest BCUT2D eigenvalue weighted by molar-refractivity contribution is 9.09. The van der Waals surface area contributed by atoms with E-state index in [9.17, 15) is 4.79 Å². The molecule has 0 aromatic heterocycles. The normalized spacial score (nSPS) is 9.00. The molecule has 0 heterocycles. The van der Waals surface area contributed by atoms with Gasteiger partial charge in [-0.1, -0.05) is 27.8 Å². The third-order valence-electron chi connectivity index (χ3n) is 1.73. The van der Waals surface area contributed by atoms with Crippen LogP contribution >= 0.6 is 15.9 Å². The Kier molecular flexibility index (Phi) is 3.73. The third-order valence-corrected chi connectivity index (χ3v) is 2.01. The fourth-order valence-corrected chi connectivity index (χ4v) is 1.21. The Morgan fingerprint density at radius 2 is 2.29 bits per heavy atom. The zero-order chi connectivity index (χ0) is 10.6. The zero-order valence-corrected chi connectivity index (χ0v) is 9.39. The van der Waals surface area contributed by atoms with E-state index in [0.29, 0.717) is 16.6 Å². The predicted octanol–water partition coefficient (Wildman–Crippen LogP) is 2.22. The smallest absolute Gasteiger partial charge is 0.161 e. The molecule has 1 aromatic rings. The van der Waals surface area contributed by atoms with Gasteiger partial charge < -0.3 is 5.73 Å². The van der Waals surface area contributed by atoms with Gasteiger partial charge in [0.05, 0.1) is 5.33 Å². The molecule has 0 bridgehead atoms. The summed E-state index contributed by atoms with van der Waals surface area (Å²) in [7, 11) is 0. The summed E-state index contributed by atoms with van der Waals surface area (Å²) < 4.78 is 0. The number of halogens is 1. The van der Waals surface area contributed by atoms with Crippen molar-refractivity contribution >= 4 is 27.4 Å². The van der Waals surface area contributed by atoms with Crippen molar-refractivity contribution in [1.29, 1.82) is 0 Å². The lowest BCUT2D eigenvalue weighted by Gasteiger charge is -2.01. The summed E-state index contributed by atoms with van der Waals surface area (Å²) in [4.78, 5) is 11.2. The molecule has 1 aromatic carbocycles. The summed E-state index contributed by atoms with van der Waals surface area (Å²) in [5.41, 5.74) is 7.49. The summed E-state index contributed by atoms with van der Waals surface area (Å²) in [6.45, 7) is 1.49. The minimum Gasteiger partial charge on any atom is -0.398 e. The van der Waals surface area contributed by atoms with Crippen LogP contribution in [0.25, 0.3) is 0 Å². The van der Waals surface area contributed by atoms with Gasteiger partial charge in [-0.15, -0.1) is 0 Å². The molecule has 0 saturated carbocycles. The van der Waals surface area contributed by atoms with Crippen LogP contribution in [-0.4, -0.2) is 11.1 Å². The fourth-order valence-electron chi connectivity index (χ4n) is 1.07. The van der Waals surface area contributed by atoms with E-state index in [0.717, 1.165) is 5.56 Å². The Hall–Kier alpha value is -1.27. The first kappa shape index (κ1) is 10.8. The number of hydrogen-bond acceptors (Lipinski definition) is 2. The second-order valence-corrected chi connectivity index (χ2v) is 3.35. The number of benzene rings is 1. The van der Waals surface area contributed by atoms with Crippen molar-refractivity contribution in [1.82, 2.24) is 0 Å². The number of carbonyl (C=O) groups is 1. The first-order valence-corrected chi connectivity index (χ1v) is 5.22. The van der Waals surface area contributed by atoms with E-state index in [4.69, 9.17) is 5.73 Å². The van der Waals surface area contributed by atoms with E-state index in [1.807, 2.05) is 0 Å². The van der Waals surface area contributed by atoms with Crippen molar-refractivity contribution in [3.63, 3.8) is 0 Å². The molecule has 1 rings (SSSR count). The van der Waals surface area contributed by atoms with Crippen molar-refractivity contribution in [2.45, 2.75) is 6.92 Å². The van der Waals surface area contributed by atoms with Gasteiger partial charge in [0.25, 0.3) is 0 Å². The molecule has 0 spiro atoms. The molecule has 14 heavy (non-hydrogen) atoms. The molecule has 0 radical (unpaired) electrons. The Morgan fingerprint density at radius 1 is 1.57 bits per heavy atom. The molecule has 0 aliphatic carbocycles. The van der Waals surface area contributed by atoms with Gasteiger partial charge in [0, 0.05) is 16.8 Å². The van der Waals surface area contributed by atoms with Crippen LogP contribution in [0.2, 0.25) is 0 Å². The van der Waals surface area contributed by atoms with Crippen LogP contribution < -0.4 is 5.73 Å². The standard InChI is InChI=1S/C11H10BrNO/c1-8(14)10-7-9(3-2-6-12)4-5-11(10)13/h4-5,7H,6,13H2,1H3. The minimum atomic E-state index is -0.0370. The molecule has 0 aliphatic rings. The average molecular weight is 252 g/mol. The van der Waals surface area contributed by atoms with Gasteiger partial charge in [-0.05, 0) is 25.1 Å². The molecule has 72 valence electrons. The largest absolute Gasteiger partial charge is 0.398 e. The summed E-state index contributed by atoms with van der Waals surface area (Å²) in [5, 5.41) is 0.618. The molecule has 0 fully saturated rings. The van der Waals surface area contributed by atoms with Crippen LogP contribution in [0.4, 0.5) is 5.69 Å². The Balaban J connectivity index is 3.13. The summed E-state index contributed by atoms with van der Waals surface area (Å²) in [5.74, 6) is 5.74. The van der Waals surface area contributed by atoms with Gasteiger partial charge in [0.2, 0.25) is 0 Å². The van der Waals surface area contributed by atoms with E-state index in [1.54, 1.807) is 18.2 Å². The highest BCUT2D eigenvalue weighted by Gasteiger charge is 2.04. The maximum Gasteiger partial charge on any atom is 0.161 e. The maximum absolute atomic E-state index is 11.2. The zero-order valence-electron chi connectivity index (χ0n) is 7.80. The number of alkyl halides is 1. The molecular weight excluding hydrogens is 242 g/mol. The highest BCUT2D eigenvalue weighted by Crippen LogP contribution is 2.14. The maximum atomic E-state index is 11.2. The molecule has 3 heteroatoms. The van der Waals surface area contributed by atoms with E-state index in [1.165, 1.54) is 6.92 Å². The van der Waals surface area contributed by atoms with Crippen molar-refractivity contribution in [3.05, 3.63) is 29.3 Å². The molecule has 0 atom stereocenters. The number of nitrogens with two attached hydrogens (primary N) is 1. The highest BCUT2D eigenvalue weighted by atomic mass is 79.9. The lowest BCUT2D eigenvalue weighted by atomic mass is 10.1. The van der Waals surface area contributed by atoms with Crippen molar-refractivity contribution < 1.29 is 4.79 Å². The first-order chi connectivity index (χ1) is 6.65. The van der Waals surface area contributed by atoms with Gasteiger partial charge in [-0.2, -0.15) is 0 Å². The number of ketones is 1. The summed E-state index contributed by atoms with van der Waals surface area (Å²) >= 11 is 3.20. The van der Waals surface area contributed by atoms with Gasteiger partial charge in [0.1, 0.15) is 0 Å². The second kappa shape index (κ2) is 4.83. The predicted molar refractivity (Wildman–Crippen MR) is 61.5 cm³/mol. The number of hydrogen-bond donors (Lipinski definition) is 1. The SMILES string of the molecule is CC(=O)c1cc(C#CCBr)ccc1N. The van der Waals surface area contributed by atoms with Gasteiger partial charge >= 0.3 is 0 Å². The van der Waals surface area contributed by atoms with Crippen LogP contribution in [-0.2, 0) is 0 Å². The summed E-state index contributed by atoms with van der Waals surface area (Å²) in [6, 6.07) is 5.22. The number of anilines is 1. The van der Waals surface area contributed by atoms with Crippen molar-refractivity contribution in [2.75, 3.05) is 11.1 Å². The Labute approximate surface area is 91.6 Å². The van der Waals surface area contributed by atoms with Crippen LogP contribution in [0.5, 0.6) is 0 Å². The quantitative estimate of drug-likeness (QED) is 0.360. The Morgan fingerprint density at radius 3 is 2.86 bits per heavy atom. The number of rotatable bonds is 1. The topological polar surface area (TPSA) is 43.1 Å². The summed E-state index contributed by atoms with van der Waals surface area (Å²) in [6.07, 6.45) is 0. The van der Waals surface area contributed by atoms with Crippen molar-refractivity contribution in [2.24, 2.45) is 0 Å². The molecule has 2 N–H and O–H groups in total. The Bertz CT molecular complexity index is 415. The lowest BCUT2D eigenvalue weighted by molar-refractivity contribution is 0.101. The fraction of sp³-hybridized carbons (Fsp3) is 0.182. The van der Waals surface area contributed by atoms with Gasteiger partial charge in [0.15, 0.2) is 5.78 Å². The molecule has 0 aliphatic heterocycles. The number of nitrogen functional groups attached to an aromatic ring is 1. The monoisotopic (exact) mass is 251 g/mol. The van der Waals surface area contributed by atoms with E-state index >= 15 is 0 Å². The van der Waals surface area contributed by atoms with E-state index < -0.39 is 0 Å². The molecule has 2 nitrogen and oxygen atoms in total. The first-order valence-electron chi connectivity index (χ1n) is 4.10. The molecule has 0 saturated heterocycles. The van der Waals surface area contributed by atoms with Gasteiger partial charge in [-0.25, -0.2) is 0 Å². The van der Waals surface area contributed by atoms with Crippen LogP contribution in [0.3, 0.4) is 0 Å². The van der Waals surface area contributed by atoms with Crippen molar-refractivity contribution in [3.8, 4) is 11.8 Å². The van der Waals surface area contributed by atoms with E-state index in [-0.39, 0.29) is 5.78 Å². The average Bonchev–Trinajstić information content (AvgIpc) is 2.16. The van der Waals surface area contributed by atoms with Crippen LogP contribution in [0.1, 0.15) is 22.8 Å². The number of carbonyl (C=O) groups excluding carboxylic acids is 1. The molecule has 0 unspecified atom stereocenters. The molecule has 0 amide bonds. The minimum absolute atomic E-state index is 0.0370. The van der Waals surface area contributed by atoms with Crippen LogP contribution in [0, 0.1) is 11.8 Å². The van der Waals surface area contributed by atoms with Gasteiger partial charge in [-0.3, -0.25) is 4.79 Å².